The number of rotatable bonds is 6. The molecule has 2 fully saturated rings. The van der Waals surface area contributed by atoms with E-state index in [1.807, 2.05) is 14.0 Å². The minimum Gasteiger partial charge on any atom is -0.363 e. The lowest BCUT2D eigenvalue weighted by atomic mass is 9.77. The number of anilines is 1. The molecule has 1 aromatic heterocycles. The number of hydrogen-bond acceptors (Lipinski definition) is 9. The maximum absolute atomic E-state index is 13.3. The Morgan fingerprint density at radius 2 is 1.77 bits per heavy atom. The summed E-state index contributed by atoms with van der Waals surface area (Å²) in [6.45, 7) is 4.86. The molecule has 0 aliphatic carbocycles. The molecule has 2 aliphatic rings. The van der Waals surface area contributed by atoms with Crippen LogP contribution in [0, 0.1) is 0 Å². The molecule has 1 unspecified atom stereocenters. The lowest BCUT2D eigenvalue weighted by Crippen LogP contribution is -2.69. The summed E-state index contributed by atoms with van der Waals surface area (Å²) in [5.74, 6) is -2.05. The fraction of sp³-hybridized carbons (Fsp3) is 0.500. The molecule has 1 spiro atoms. The molecular formula is C26H34F3N5O4S2. The van der Waals surface area contributed by atoms with Crippen molar-refractivity contribution in [3.8, 4) is 0 Å². The highest BCUT2D eigenvalue weighted by Gasteiger charge is 2.51. The first-order valence-corrected chi connectivity index (χ1v) is 15.2. The van der Waals surface area contributed by atoms with Gasteiger partial charge in [-0.05, 0) is 58.0 Å². The SMILES string of the molecule is C/C=C(/C(=O)C(F)(F)F)N1CCN(C)C2(CCN(C(=O)c3ccc(S(O)(O)N(C)c4nccs4)cc3)CC2)C1C. The number of amides is 1. The standard InChI is InChI=1S/C26H34F3N5O4S2/c1-5-21(22(35)26(27,28)29)34-16-15-31(3)25(18(34)2)10-13-33(14-11-25)23(36)19-6-8-20(9-7-19)40(37,38)32(4)24-30-12-17-39-24/h5-9,12,17-18,37-38H,10-11,13-16H2,1-4H3/b21-5-. The smallest absolute Gasteiger partial charge is 0.363 e. The number of allylic oxidation sites excluding steroid dienone is 2. The van der Waals surface area contributed by atoms with Crippen LogP contribution in [-0.4, -0.2) is 98.5 Å². The molecule has 220 valence electrons. The highest BCUT2D eigenvalue weighted by Crippen LogP contribution is 2.52. The summed E-state index contributed by atoms with van der Waals surface area (Å²) < 4.78 is 62.7. The predicted octanol–water partition coefficient (Wildman–Crippen LogP) is 4.95. The van der Waals surface area contributed by atoms with Crippen LogP contribution < -0.4 is 4.31 Å². The van der Waals surface area contributed by atoms with Gasteiger partial charge in [0.2, 0.25) is 5.13 Å². The summed E-state index contributed by atoms with van der Waals surface area (Å²) in [4.78, 5) is 35.2. The van der Waals surface area contributed by atoms with E-state index < -0.39 is 28.3 Å². The molecule has 40 heavy (non-hydrogen) atoms. The predicted molar refractivity (Wildman–Crippen MR) is 150 cm³/mol. The summed E-state index contributed by atoms with van der Waals surface area (Å²) in [6, 6.07) is 5.78. The number of carbonyl (C=O) groups is 2. The normalized spacial score (nSPS) is 21.0. The molecule has 0 bridgehead atoms. The van der Waals surface area contributed by atoms with Crippen molar-refractivity contribution in [2.45, 2.75) is 49.3 Å². The van der Waals surface area contributed by atoms with Gasteiger partial charge in [-0.1, -0.05) is 16.9 Å². The molecule has 0 radical (unpaired) electrons. The number of ketones is 1. The van der Waals surface area contributed by atoms with E-state index in [9.17, 15) is 31.9 Å². The van der Waals surface area contributed by atoms with Crippen molar-refractivity contribution in [1.82, 2.24) is 19.7 Å². The van der Waals surface area contributed by atoms with Crippen molar-refractivity contribution in [1.29, 1.82) is 0 Å². The maximum atomic E-state index is 13.3. The minimum absolute atomic E-state index is 0.212. The van der Waals surface area contributed by atoms with Gasteiger partial charge in [-0.3, -0.25) is 23.6 Å². The Labute approximate surface area is 237 Å². The molecular weight excluding hydrogens is 567 g/mol. The molecule has 2 N–H and O–H groups in total. The van der Waals surface area contributed by atoms with E-state index in [0.717, 1.165) is 0 Å². The fourth-order valence-electron chi connectivity index (χ4n) is 5.68. The third-order valence-corrected chi connectivity index (χ3v) is 11.0. The van der Waals surface area contributed by atoms with Gasteiger partial charge in [0.15, 0.2) is 0 Å². The van der Waals surface area contributed by atoms with Gasteiger partial charge in [0.25, 0.3) is 11.7 Å². The molecule has 2 saturated heterocycles. The van der Waals surface area contributed by atoms with Crippen LogP contribution in [0.5, 0.6) is 0 Å². The number of hydrogen-bond donors (Lipinski definition) is 2. The zero-order valence-corrected chi connectivity index (χ0v) is 24.4. The first-order valence-electron chi connectivity index (χ1n) is 12.8. The number of piperidine rings is 1. The Morgan fingerprint density at radius 3 is 2.30 bits per heavy atom. The zero-order chi connectivity index (χ0) is 29.5. The Hall–Kier alpha value is -2.65. The monoisotopic (exact) mass is 601 g/mol. The number of likely N-dealkylation sites (N-methyl/N-ethyl adjacent to an activating group) is 1. The Balaban J connectivity index is 1.46. The molecule has 14 heteroatoms. The van der Waals surface area contributed by atoms with Crippen LogP contribution in [0.1, 0.15) is 37.0 Å². The van der Waals surface area contributed by atoms with Gasteiger partial charge >= 0.3 is 6.18 Å². The topological polar surface area (TPSA) is 100 Å². The van der Waals surface area contributed by atoms with E-state index in [0.29, 0.717) is 49.7 Å². The average Bonchev–Trinajstić information content (AvgIpc) is 3.47. The summed E-state index contributed by atoms with van der Waals surface area (Å²) in [5, 5.41) is 2.18. The minimum atomic E-state index is -4.95. The molecule has 1 amide bonds. The van der Waals surface area contributed by atoms with Crippen LogP contribution in [0.25, 0.3) is 0 Å². The van der Waals surface area contributed by atoms with E-state index in [1.54, 1.807) is 40.6 Å². The van der Waals surface area contributed by atoms with Gasteiger partial charge in [-0.25, -0.2) is 9.29 Å². The van der Waals surface area contributed by atoms with Crippen LogP contribution in [0.2, 0.25) is 0 Å². The lowest BCUT2D eigenvalue weighted by Gasteiger charge is -2.58. The van der Waals surface area contributed by atoms with Gasteiger partial charge < -0.3 is 9.80 Å². The largest absolute Gasteiger partial charge is 0.456 e. The molecule has 0 saturated carbocycles. The quantitative estimate of drug-likeness (QED) is 0.449. The highest BCUT2D eigenvalue weighted by atomic mass is 32.3. The van der Waals surface area contributed by atoms with E-state index >= 15 is 0 Å². The van der Waals surface area contributed by atoms with Gasteiger partial charge in [0, 0.05) is 61.9 Å². The number of alkyl halides is 3. The van der Waals surface area contributed by atoms with Crippen LogP contribution >= 0.6 is 22.1 Å². The van der Waals surface area contributed by atoms with Gasteiger partial charge in [-0.2, -0.15) is 13.2 Å². The van der Waals surface area contributed by atoms with Crippen LogP contribution in [0.3, 0.4) is 0 Å². The van der Waals surface area contributed by atoms with Crippen molar-refractivity contribution >= 4 is 38.9 Å². The molecule has 2 aromatic rings. The highest BCUT2D eigenvalue weighted by molar-refractivity contribution is 8.25. The van der Waals surface area contributed by atoms with Crippen molar-refractivity contribution in [3.05, 3.63) is 53.2 Å². The number of aromatic nitrogens is 1. The second kappa shape index (κ2) is 11.3. The van der Waals surface area contributed by atoms with Gasteiger partial charge in [-0.15, -0.1) is 11.3 Å². The van der Waals surface area contributed by atoms with E-state index in [4.69, 9.17) is 0 Å². The van der Waals surface area contributed by atoms with E-state index in [2.05, 4.69) is 9.88 Å². The molecule has 4 rings (SSSR count). The van der Waals surface area contributed by atoms with Crippen LogP contribution in [0.4, 0.5) is 18.3 Å². The Kier molecular flexibility index (Phi) is 8.58. The Bertz CT molecular complexity index is 1250. The molecule has 1 aromatic carbocycles. The van der Waals surface area contributed by atoms with Crippen molar-refractivity contribution < 1.29 is 31.9 Å². The van der Waals surface area contributed by atoms with Crippen LogP contribution in [-0.2, 0) is 4.79 Å². The first-order chi connectivity index (χ1) is 18.7. The Morgan fingerprint density at radius 1 is 1.15 bits per heavy atom. The molecule has 3 heterocycles. The first kappa shape index (κ1) is 30.3. The van der Waals surface area contributed by atoms with Gasteiger partial charge in [0.1, 0.15) is 0 Å². The number of halogens is 3. The number of nitrogens with zero attached hydrogens (tertiary/aromatic N) is 5. The van der Waals surface area contributed by atoms with Crippen molar-refractivity contribution in [3.63, 3.8) is 0 Å². The summed E-state index contributed by atoms with van der Waals surface area (Å²) in [5.41, 5.74) is -0.445. The molecule has 9 nitrogen and oxygen atoms in total. The number of benzene rings is 1. The van der Waals surface area contributed by atoms with Crippen molar-refractivity contribution in [2.75, 3.05) is 44.6 Å². The van der Waals surface area contributed by atoms with Crippen LogP contribution in [0.15, 0.2) is 52.5 Å². The number of piperazine rings is 1. The van der Waals surface area contributed by atoms with Crippen molar-refractivity contribution in [2.24, 2.45) is 0 Å². The fourth-order valence-corrected chi connectivity index (χ4v) is 7.72. The second-order valence-electron chi connectivity index (χ2n) is 10.0. The zero-order valence-electron chi connectivity index (χ0n) is 22.8. The lowest BCUT2D eigenvalue weighted by molar-refractivity contribution is -0.169. The number of thiazole rings is 1. The van der Waals surface area contributed by atoms with E-state index in [1.165, 1.54) is 40.8 Å². The average molecular weight is 602 g/mol. The van der Waals surface area contributed by atoms with Gasteiger partial charge in [0.05, 0.1) is 10.6 Å². The third-order valence-electron chi connectivity index (χ3n) is 8.16. The maximum Gasteiger partial charge on any atom is 0.456 e. The molecule has 1 atom stereocenters. The summed E-state index contributed by atoms with van der Waals surface area (Å²) in [6.07, 6.45) is -1.09. The summed E-state index contributed by atoms with van der Waals surface area (Å²) in [7, 11) is 0.135. The molecule has 2 aliphatic heterocycles. The third kappa shape index (κ3) is 5.47. The van der Waals surface area contributed by atoms with E-state index in [-0.39, 0.29) is 22.5 Å². The summed E-state index contributed by atoms with van der Waals surface area (Å²) >= 11 is 1.27. The number of Topliss-reactive ketones (excluding diaryl/α,β-unsaturated/α-hetero) is 1. The number of likely N-dealkylation sites (tertiary alicyclic amines) is 1. The number of carbonyl (C=O) groups excluding carboxylic acids is 2. The second-order valence-corrected chi connectivity index (χ2v) is 13.0.